The number of anilines is 1. The summed E-state index contributed by atoms with van der Waals surface area (Å²) < 4.78 is 66.6. The number of benzene rings is 1. The number of rotatable bonds is 3. The number of likely N-dealkylation sites (tertiary alicyclic amines) is 1. The highest BCUT2D eigenvalue weighted by Crippen LogP contribution is 2.35. The highest BCUT2D eigenvalue weighted by Gasteiger charge is 2.44. The number of pyridine rings is 1. The van der Waals surface area contributed by atoms with E-state index in [0.29, 0.717) is 50.0 Å². The molecule has 3 fully saturated rings. The van der Waals surface area contributed by atoms with Crippen molar-refractivity contribution >= 4 is 22.5 Å². The molecule has 2 aromatic rings. The van der Waals surface area contributed by atoms with Gasteiger partial charge < -0.3 is 15.1 Å². The van der Waals surface area contributed by atoms with E-state index in [-0.39, 0.29) is 24.9 Å². The molecule has 0 spiro atoms. The van der Waals surface area contributed by atoms with E-state index in [1.807, 2.05) is 0 Å². The zero-order valence-electron chi connectivity index (χ0n) is 18.5. The minimum absolute atomic E-state index is 0.0866. The summed E-state index contributed by atoms with van der Waals surface area (Å²) >= 11 is 0. The molecule has 6 nitrogen and oxygen atoms in total. The number of carbonyl (C=O) groups excluding carboxylic acids is 1. The summed E-state index contributed by atoms with van der Waals surface area (Å²) in [5.74, 6) is -3.07. The van der Waals surface area contributed by atoms with Crippen LogP contribution in [0.4, 0.5) is 27.6 Å². The molecule has 1 aromatic heterocycles. The van der Waals surface area contributed by atoms with E-state index >= 15 is 0 Å². The summed E-state index contributed by atoms with van der Waals surface area (Å²) in [6, 6.07) is 5.01. The molecule has 2 atom stereocenters. The maximum absolute atomic E-state index is 13.5. The second-order valence-corrected chi connectivity index (χ2v) is 9.30. The standard InChI is InChI=1S/C23H26F5N5O/c24-22(25)4-6-33(14-22)21(34)19-12-16(13-30-19)31-7-9-32(10-8-31)20-3-5-29-18-2-1-15(11-17(18)20)23(26,27)28/h1-3,5,11,16,19,30H,4,6-10,12-14H2/t16-,19-/m0/s1. The Morgan fingerprint density at radius 1 is 1.09 bits per heavy atom. The average molecular weight is 483 g/mol. The van der Waals surface area contributed by atoms with Gasteiger partial charge in [0.05, 0.1) is 23.7 Å². The average Bonchev–Trinajstić information content (AvgIpc) is 3.44. The van der Waals surface area contributed by atoms with Crippen LogP contribution in [-0.2, 0) is 11.0 Å². The summed E-state index contributed by atoms with van der Waals surface area (Å²) in [7, 11) is 0. The van der Waals surface area contributed by atoms with Gasteiger partial charge in [-0.15, -0.1) is 0 Å². The Kier molecular flexibility index (Phi) is 5.87. The van der Waals surface area contributed by atoms with Crippen molar-refractivity contribution in [3.8, 4) is 0 Å². The molecule has 34 heavy (non-hydrogen) atoms. The Morgan fingerprint density at radius 2 is 1.85 bits per heavy atom. The highest BCUT2D eigenvalue weighted by molar-refractivity contribution is 5.92. The number of fused-ring (bicyclic) bond motifs is 1. The van der Waals surface area contributed by atoms with Gasteiger partial charge in [0.2, 0.25) is 5.91 Å². The van der Waals surface area contributed by atoms with Crippen LogP contribution in [0.2, 0.25) is 0 Å². The van der Waals surface area contributed by atoms with Gasteiger partial charge in [0.1, 0.15) is 0 Å². The number of hydrogen-bond donors (Lipinski definition) is 1. The van der Waals surface area contributed by atoms with E-state index in [1.165, 1.54) is 11.0 Å². The molecule has 4 heterocycles. The van der Waals surface area contributed by atoms with Gasteiger partial charge in [0.25, 0.3) is 5.92 Å². The first-order valence-corrected chi connectivity index (χ1v) is 11.5. The Hall–Kier alpha value is -2.53. The minimum Gasteiger partial charge on any atom is -0.368 e. The number of nitrogens with zero attached hydrogens (tertiary/aromatic N) is 4. The van der Waals surface area contributed by atoms with Crippen molar-refractivity contribution in [2.45, 2.75) is 37.0 Å². The predicted octanol–water partition coefficient (Wildman–Crippen LogP) is 2.97. The lowest BCUT2D eigenvalue weighted by atomic mass is 10.1. The molecule has 0 bridgehead atoms. The summed E-state index contributed by atoms with van der Waals surface area (Å²) in [6.45, 7) is 2.82. The van der Waals surface area contributed by atoms with Crippen LogP contribution >= 0.6 is 0 Å². The van der Waals surface area contributed by atoms with Crippen LogP contribution in [0.25, 0.3) is 10.9 Å². The zero-order chi connectivity index (χ0) is 24.1. The second-order valence-electron chi connectivity index (χ2n) is 9.30. The monoisotopic (exact) mass is 483 g/mol. The van der Waals surface area contributed by atoms with Gasteiger partial charge in [-0.05, 0) is 30.7 Å². The minimum atomic E-state index is -4.42. The molecule has 184 valence electrons. The number of piperazine rings is 1. The van der Waals surface area contributed by atoms with Gasteiger partial charge in [-0.1, -0.05) is 0 Å². The third kappa shape index (κ3) is 4.55. The predicted molar refractivity (Wildman–Crippen MR) is 117 cm³/mol. The first kappa shape index (κ1) is 23.2. The summed E-state index contributed by atoms with van der Waals surface area (Å²) in [6.07, 6.45) is -2.54. The van der Waals surface area contributed by atoms with Crippen molar-refractivity contribution in [1.29, 1.82) is 0 Å². The molecule has 5 rings (SSSR count). The van der Waals surface area contributed by atoms with Gasteiger partial charge in [0, 0.05) is 69.0 Å². The van der Waals surface area contributed by atoms with E-state index in [2.05, 4.69) is 20.1 Å². The van der Waals surface area contributed by atoms with Crippen molar-refractivity contribution in [3.05, 3.63) is 36.0 Å². The largest absolute Gasteiger partial charge is 0.416 e. The van der Waals surface area contributed by atoms with Gasteiger partial charge in [0.15, 0.2) is 0 Å². The number of amides is 1. The summed E-state index contributed by atoms with van der Waals surface area (Å²) in [5, 5.41) is 3.66. The molecule has 11 heteroatoms. The first-order chi connectivity index (χ1) is 16.1. The molecule has 0 aliphatic carbocycles. The maximum atomic E-state index is 13.5. The molecule has 0 radical (unpaired) electrons. The first-order valence-electron chi connectivity index (χ1n) is 11.5. The van der Waals surface area contributed by atoms with Crippen molar-refractivity contribution in [2.24, 2.45) is 0 Å². The molecule has 0 saturated carbocycles. The molecular weight excluding hydrogens is 457 g/mol. The van der Waals surface area contributed by atoms with Crippen LogP contribution in [0.3, 0.4) is 0 Å². The summed E-state index contributed by atoms with van der Waals surface area (Å²) in [5.41, 5.74) is 0.543. The van der Waals surface area contributed by atoms with Gasteiger partial charge in [-0.25, -0.2) is 8.78 Å². The van der Waals surface area contributed by atoms with Crippen molar-refractivity contribution in [2.75, 3.05) is 50.7 Å². The highest BCUT2D eigenvalue weighted by atomic mass is 19.4. The normalized spacial score (nSPS) is 25.9. The van der Waals surface area contributed by atoms with Crippen molar-refractivity contribution in [3.63, 3.8) is 0 Å². The Morgan fingerprint density at radius 3 is 2.53 bits per heavy atom. The molecule has 1 aromatic carbocycles. The fourth-order valence-corrected chi connectivity index (χ4v) is 5.24. The molecule has 3 saturated heterocycles. The van der Waals surface area contributed by atoms with E-state index < -0.39 is 30.2 Å². The molecule has 3 aliphatic rings. The molecular formula is C23H26F5N5O. The lowest BCUT2D eigenvalue weighted by Gasteiger charge is -2.39. The summed E-state index contributed by atoms with van der Waals surface area (Å²) in [4.78, 5) is 22.4. The fourth-order valence-electron chi connectivity index (χ4n) is 5.24. The third-order valence-corrected chi connectivity index (χ3v) is 7.10. The smallest absolute Gasteiger partial charge is 0.368 e. The number of carbonyl (C=O) groups is 1. The van der Waals surface area contributed by atoms with Crippen LogP contribution in [0.5, 0.6) is 0 Å². The SMILES string of the molecule is O=C([C@@H]1C[C@H](N2CCN(c3ccnc4ccc(C(F)(F)F)cc34)CC2)CN1)N1CCC(F)(F)C1. The lowest BCUT2D eigenvalue weighted by Crippen LogP contribution is -2.51. The Bertz CT molecular complexity index is 1070. The van der Waals surface area contributed by atoms with Crippen LogP contribution in [0, 0.1) is 0 Å². The number of halogens is 5. The number of alkyl halides is 5. The fraction of sp³-hybridized carbons (Fsp3) is 0.565. The number of hydrogen-bond acceptors (Lipinski definition) is 5. The molecule has 0 unspecified atom stereocenters. The topological polar surface area (TPSA) is 51.7 Å². The third-order valence-electron chi connectivity index (χ3n) is 7.10. The van der Waals surface area contributed by atoms with Crippen LogP contribution in [0.15, 0.2) is 30.5 Å². The zero-order valence-corrected chi connectivity index (χ0v) is 18.5. The van der Waals surface area contributed by atoms with Gasteiger partial charge in [-0.2, -0.15) is 13.2 Å². The van der Waals surface area contributed by atoms with E-state index in [1.54, 1.807) is 12.3 Å². The van der Waals surface area contributed by atoms with Crippen LogP contribution in [0.1, 0.15) is 18.4 Å². The maximum Gasteiger partial charge on any atom is 0.416 e. The van der Waals surface area contributed by atoms with Gasteiger partial charge in [-0.3, -0.25) is 14.7 Å². The number of aromatic nitrogens is 1. The Balaban J connectivity index is 1.22. The van der Waals surface area contributed by atoms with Crippen molar-refractivity contribution in [1.82, 2.24) is 20.1 Å². The molecule has 1 amide bonds. The van der Waals surface area contributed by atoms with E-state index in [4.69, 9.17) is 0 Å². The Labute approximate surface area is 193 Å². The molecule has 3 aliphatic heterocycles. The van der Waals surface area contributed by atoms with Crippen molar-refractivity contribution < 1.29 is 26.7 Å². The number of nitrogens with one attached hydrogen (secondary N) is 1. The quantitative estimate of drug-likeness (QED) is 0.681. The van der Waals surface area contributed by atoms with Crippen LogP contribution < -0.4 is 10.2 Å². The van der Waals surface area contributed by atoms with E-state index in [9.17, 15) is 26.7 Å². The lowest BCUT2D eigenvalue weighted by molar-refractivity contribution is -0.137. The van der Waals surface area contributed by atoms with Gasteiger partial charge >= 0.3 is 6.18 Å². The molecule has 1 N–H and O–H groups in total. The van der Waals surface area contributed by atoms with E-state index in [0.717, 1.165) is 17.8 Å². The van der Waals surface area contributed by atoms with Crippen LogP contribution in [-0.4, -0.2) is 84.5 Å². The second kappa shape index (κ2) is 8.60.